The molecular formula is C14H18ClN3. The summed E-state index contributed by atoms with van der Waals surface area (Å²) in [5.41, 5.74) is 1.29. The van der Waals surface area contributed by atoms with Gasteiger partial charge in [0.2, 0.25) is 0 Å². The Bertz CT molecular complexity index is 424. The smallest absolute Gasteiger partial charge is 0.0866 e. The minimum atomic E-state index is 0.511. The number of benzene rings is 1. The molecule has 1 aliphatic heterocycles. The number of nitrogens with zero attached hydrogens (tertiary/aromatic N) is 3. The molecule has 96 valence electrons. The Morgan fingerprint density at radius 1 is 1.44 bits per heavy atom. The number of rotatable bonds is 4. The van der Waals surface area contributed by atoms with E-state index in [4.69, 9.17) is 16.9 Å². The highest BCUT2D eigenvalue weighted by Gasteiger charge is 2.25. The van der Waals surface area contributed by atoms with Crippen molar-refractivity contribution in [3.63, 3.8) is 0 Å². The molecule has 0 aliphatic carbocycles. The van der Waals surface area contributed by atoms with E-state index >= 15 is 0 Å². The second-order valence-corrected chi connectivity index (χ2v) is 5.31. The second-order valence-electron chi connectivity index (χ2n) is 4.88. The molecule has 3 nitrogen and oxygen atoms in total. The first-order valence-electron chi connectivity index (χ1n) is 6.23. The number of hydrogen-bond donors (Lipinski definition) is 0. The fraction of sp³-hybridized carbons (Fsp3) is 0.500. The average Bonchev–Trinajstić information content (AvgIpc) is 2.81. The first-order chi connectivity index (χ1) is 8.69. The summed E-state index contributed by atoms with van der Waals surface area (Å²) in [5.74, 6) is 0. The van der Waals surface area contributed by atoms with Gasteiger partial charge in [0.1, 0.15) is 0 Å². The van der Waals surface area contributed by atoms with Crippen LogP contribution in [0.25, 0.3) is 0 Å². The van der Waals surface area contributed by atoms with Crippen molar-refractivity contribution in [1.29, 1.82) is 5.26 Å². The third kappa shape index (κ3) is 3.46. The Labute approximate surface area is 114 Å². The van der Waals surface area contributed by atoms with Gasteiger partial charge >= 0.3 is 0 Å². The summed E-state index contributed by atoms with van der Waals surface area (Å²) in [5, 5.41) is 9.49. The second kappa shape index (κ2) is 6.19. The summed E-state index contributed by atoms with van der Waals surface area (Å²) in [6.07, 6.45) is 1.14. The molecule has 18 heavy (non-hydrogen) atoms. The van der Waals surface area contributed by atoms with Crippen molar-refractivity contribution < 1.29 is 0 Å². The first kappa shape index (κ1) is 13.4. The van der Waals surface area contributed by atoms with Crippen LogP contribution in [-0.2, 0) is 6.54 Å². The highest BCUT2D eigenvalue weighted by atomic mass is 35.5. The zero-order valence-electron chi connectivity index (χ0n) is 10.6. The maximum Gasteiger partial charge on any atom is 0.0866 e. The summed E-state index contributed by atoms with van der Waals surface area (Å²) in [4.78, 5) is 4.57. The van der Waals surface area contributed by atoms with E-state index in [0.29, 0.717) is 12.6 Å². The summed E-state index contributed by atoms with van der Waals surface area (Å²) in [7, 11) is 2.03. The van der Waals surface area contributed by atoms with E-state index in [2.05, 4.69) is 28.0 Å². The Hall–Kier alpha value is -1.08. The van der Waals surface area contributed by atoms with Crippen LogP contribution in [0.2, 0.25) is 5.02 Å². The van der Waals surface area contributed by atoms with E-state index in [-0.39, 0.29) is 0 Å². The van der Waals surface area contributed by atoms with Gasteiger partial charge < -0.3 is 0 Å². The lowest BCUT2D eigenvalue weighted by Gasteiger charge is -2.22. The molecule has 1 atom stereocenters. The van der Waals surface area contributed by atoms with E-state index in [1.54, 1.807) is 0 Å². The molecule has 1 saturated heterocycles. The monoisotopic (exact) mass is 263 g/mol. The molecule has 0 bridgehead atoms. The lowest BCUT2D eigenvalue weighted by molar-refractivity contribution is 0.249. The molecule has 1 heterocycles. The maximum absolute atomic E-state index is 8.71. The molecule has 0 N–H and O–H groups in total. The van der Waals surface area contributed by atoms with Crippen molar-refractivity contribution in [2.75, 3.05) is 26.7 Å². The molecule has 0 aromatic heterocycles. The van der Waals surface area contributed by atoms with Crippen LogP contribution in [0.3, 0.4) is 0 Å². The summed E-state index contributed by atoms with van der Waals surface area (Å²) in [6.45, 7) is 3.62. The predicted molar refractivity (Wildman–Crippen MR) is 73.4 cm³/mol. The minimum absolute atomic E-state index is 0.511. The van der Waals surface area contributed by atoms with Gasteiger partial charge in [0, 0.05) is 30.7 Å². The summed E-state index contributed by atoms with van der Waals surface area (Å²) >= 11 is 5.88. The highest BCUT2D eigenvalue weighted by Crippen LogP contribution is 2.18. The van der Waals surface area contributed by atoms with Gasteiger partial charge in [-0.15, -0.1) is 0 Å². The van der Waals surface area contributed by atoms with E-state index in [1.165, 1.54) is 5.56 Å². The molecular weight excluding hydrogens is 246 g/mol. The standard InChI is InChI=1S/C14H18ClN3/c1-17(9-7-16)14-6-8-18(11-14)10-12-2-4-13(15)5-3-12/h2-5,14H,6,8-11H2,1H3. The van der Waals surface area contributed by atoms with E-state index in [9.17, 15) is 0 Å². The van der Waals surface area contributed by atoms with Gasteiger partial charge in [0.25, 0.3) is 0 Å². The van der Waals surface area contributed by atoms with Crippen LogP contribution < -0.4 is 0 Å². The molecule has 0 saturated carbocycles. The van der Waals surface area contributed by atoms with Crippen LogP contribution in [0.5, 0.6) is 0 Å². The van der Waals surface area contributed by atoms with E-state index in [0.717, 1.165) is 31.1 Å². The summed E-state index contributed by atoms with van der Waals surface area (Å²) in [6, 6.07) is 10.7. The molecule has 4 heteroatoms. The molecule has 0 spiro atoms. The lowest BCUT2D eigenvalue weighted by atomic mass is 10.2. The van der Waals surface area contributed by atoms with Gasteiger partial charge in [0.05, 0.1) is 12.6 Å². The van der Waals surface area contributed by atoms with Crippen LogP contribution in [-0.4, -0.2) is 42.5 Å². The van der Waals surface area contributed by atoms with Crippen LogP contribution >= 0.6 is 11.6 Å². The number of likely N-dealkylation sites (tertiary alicyclic amines) is 1. The molecule has 1 aromatic rings. The predicted octanol–water partition coefficient (Wildman–Crippen LogP) is 2.37. The third-order valence-electron chi connectivity index (χ3n) is 3.51. The quantitative estimate of drug-likeness (QED) is 0.782. The largest absolute Gasteiger partial charge is 0.297 e. The highest BCUT2D eigenvalue weighted by molar-refractivity contribution is 6.30. The molecule has 1 aromatic carbocycles. The van der Waals surface area contributed by atoms with Crippen molar-refractivity contribution in [3.8, 4) is 6.07 Å². The van der Waals surface area contributed by atoms with Crippen LogP contribution in [0, 0.1) is 11.3 Å². The van der Waals surface area contributed by atoms with Crippen molar-refractivity contribution in [1.82, 2.24) is 9.80 Å². The van der Waals surface area contributed by atoms with Gasteiger partial charge in [-0.3, -0.25) is 9.80 Å². The first-order valence-corrected chi connectivity index (χ1v) is 6.61. The molecule has 2 rings (SSSR count). The van der Waals surface area contributed by atoms with Crippen molar-refractivity contribution in [2.45, 2.75) is 19.0 Å². The van der Waals surface area contributed by atoms with Gasteiger partial charge in [-0.1, -0.05) is 23.7 Å². The zero-order valence-corrected chi connectivity index (χ0v) is 11.4. The van der Waals surface area contributed by atoms with Crippen molar-refractivity contribution >= 4 is 11.6 Å². The fourth-order valence-corrected chi connectivity index (χ4v) is 2.53. The van der Waals surface area contributed by atoms with Crippen molar-refractivity contribution in [3.05, 3.63) is 34.9 Å². The normalized spacial score (nSPS) is 20.2. The minimum Gasteiger partial charge on any atom is -0.297 e. The van der Waals surface area contributed by atoms with Gasteiger partial charge in [-0.05, 0) is 31.2 Å². The Balaban J connectivity index is 1.86. The average molecular weight is 264 g/mol. The number of likely N-dealkylation sites (N-methyl/N-ethyl adjacent to an activating group) is 1. The van der Waals surface area contributed by atoms with Gasteiger partial charge in [-0.25, -0.2) is 0 Å². The Morgan fingerprint density at radius 2 is 2.17 bits per heavy atom. The van der Waals surface area contributed by atoms with Crippen LogP contribution in [0.1, 0.15) is 12.0 Å². The molecule has 0 radical (unpaired) electrons. The van der Waals surface area contributed by atoms with Crippen molar-refractivity contribution in [2.24, 2.45) is 0 Å². The van der Waals surface area contributed by atoms with Gasteiger partial charge in [0.15, 0.2) is 0 Å². The van der Waals surface area contributed by atoms with Crippen LogP contribution in [0.4, 0.5) is 0 Å². The van der Waals surface area contributed by atoms with E-state index < -0.39 is 0 Å². The molecule has 0 amide bonds. The lowest BCUT2D eigenvalue weighted by Crippen LogP contribution is -2.34. The maximum atomic E-state index is 8.71. The number of halogens is 1. The molecule has 1 fully saturated rings. The Kier molecular flexibility index (Phi) is 4.60. The number of nitriles is 1. The molecule has 1 aliphatic rings. The Morgan fingerprint density at radius 3 is 2.83 bits per heavy atom. The third-order valence-corrected chi connectivity index (χ3v) is 3.76. The fourth-order valence-electron chi connectivity index (χ4n) is 2.40. The molecule has 1 unspecified atom stereocenters. The van der Waals surface area contributed by atoms with Gasteiger partial charge in [-0.2, -0.15) is 5.26 Å². The zero-order chi connectivity index (χ0) is 13.0. The summed E-state index contributed by atoms with van der Waals surface area (Å²) < 4.78 is 0. The van der Waals surface area contributed by atoms with E-state index in [1.807, 2.05) is 19.2 Å². The topological polar surface area (TPSA) is 30.3 Å². The van der Waals surface area contributed by atoms with Crippen LogP contribution in [0.15, 0.2) is 24.3 Å². The SMILES string of the molecule is CN(CC#N)C1CCN(Cc2ccc(Cl)cc2)C1. The number of hydrogen-bond acceptors (Lipinski definition) is 3.